The van der Waals surface area contributed by atoms with Crippen molar-refractivity contribution in [3.63, 3.8) is 0 Å². The predicted octanol–water partition coefficient (Wildman–Crippen LogP) is 0.991. The number of hydrogen-bond acceptors (Lipinski definition) is 4. The Morgan fingerprint density at radius 1 is 1.33 bits per heavy atom. The summed E-state index contributed by atoms with van der Waals surface area (Å²) in [5.74, 6) is -2.13. The van der Waals surface area contributed by atoms with E-state index in [1.54, 1.807) is 0 Å². The van der Waals surface area contributed by atoms with E-state index in [9.17, 15) is 30.8 Å². The van der Waals surface area contributed by atoms with Gasteiger partial charge >= 0.3 is 6.18 Å². The summed E-state index contributed by atoms with van der Waals surface area (Å²) in [6.07, 6.45) is -4.58. The molecule has 0 heterocycles. The number of carbonyl (C=O) groups excluding carboxylic acids is 1. The second-order valence-electron chi connectivity index (χ2n) is 3.84. The minimum Gasteiger partial charge on any atom is -0.362 e. The Balaban J connectivity index is 2.65. The Bertz CT molecular complexity index is 630. The molecule has 1 aromatic rings. The third kappa shape index (κ3) is 6.06. The fraction of sp³-hybridized carbons (Fsp3) is 0.300. The van der Waals surface area contributed by atoms with Crippen molar-refractivity contribution in [2.45, 2.75) is 11.1 Å². The van der Waals surface area contributed by atoms with Crippen LogP contribution < -0.4 is 10.5 Å². The lowest BCUT2D eigenvalue weighted by molar-refractivity contribution is -0.174. The van der Waals surface area contributed by atoms with Crippen molar-refractivity contribution in [1.82, 2.24) is 0 Å². The summed E-state index contributed by atoms with van der Waals surface area (Å²) in [7, 11) is -4.10. The molecule has 0 aliphatic rings. The van der Waals surface area contributed by atoms with Crippen LogP contribution in [0.15, 0.2) is 23.1 Å². The zero-order valence-electron chi connectivity index (χ0n) is 10.3. The van der Waals surface area contributed by atoms with Crippen LogP contribution in [0.5, 0.6) is 0 Å². The van der Waals surface area contributed by atoms with E-state index in [2.05, 4.69) is 4.74 Å². The molecule has 0 saturated carbocycles. The van der Waals surface area contributed by atoms with Crippen molar-refractivity contribution in [2.24, 2.45) is 5.14 Å². The van der Waals surface area contributed by atoms with Crippen LogP contribution in [-0.4, -0.2) is 33.7 Å². The first-order valence-corrected chi connectivity index (χ1v) is 6.80. The summed E-state index contributed by atoms with van der Waals surface area (Å²) in [4.78, 5) is 10.7. The van der Waals surface area contributed by atoms with E-state index in [0.29, 0.717) is 6.07 Å². The van der Waals surface area contributed by atoms with Gasteiger partial charge in [0.1, 0.15) is 19.0 Å². The Kier molecular flexibility index (Phi) is 5.25. The molecule has 3 N–H and O–H groups in total. The van der Waals surface area contributed by atoms with Gasteiger partial charge in [-0.15, -0.1) is 0 Å². The monoisotopic (exact) mass is 330 g/mol. The van der Waals surface area contributed by atoms with Crippen LogP contribution in [0, 0.1) is 5.82 Å². The summed E-state index contributed by atoms with van der Waals surface area (Å²) in [6, 6.07) is 2.42. The lowest BCUT2D eigenvalue weighted by Crippen LogP contribution is -2.24. The smallest absolute Gasteiger partial charge is 0.362 e. The third-order valence-corrected chi connectivity index (χ3v) is 2.95. The summed E-state index contributed by atoms with van der Waals surface area (Å²) < 4.78 is 74.8. The van der Waals surface area contributed by atoms with Crippen molar-refractivity contribution in [3.05, 3.63) is 24.0 Å². The van der Waals surface area contributed by atoms with Gasteiger partial charge in [-0.05, 0) is 18.2 Å². The highest BCUT2D eigenvalue weighted by Crippen LogP contribution is 2.18. The van der Waals surface area contributed by atoms with Crippen LogP contribution in [-0.2, 0) is 19.6 Å². The van der Waals surface area contributed by atoms with Crippen molar-refractivity contribution in [1.29, 1.82) is 0 Å². The number of ether oxygens (including phenoxy) is 1. The zero-order valence-corrected chi connectivity index (χ0v) is 11.1. The average molecular weight is 330 g/mol. The van der Waals surface area contributed by atoms with E-state index in [1.165, 1.54) is 0 Å². The minimum atomic E-state index is -4.58. The maximum absolute atomic E-state index is 13.5. The standard InChI is InChI=1S/C10H10F4N2O4S/c11-7-3-6(21(15,18)19)1-2-8(7)16-9(17)4-20-5-10(12,13)14/h1-3H,4-5H2,(H,16,17)(H2,15,18,19). The number of alkyl halides is 3. The number of benzene rings is 1. The molecule has 0 saturated heterocycles. The maximum atomic E-state index is 13.5. The highest BCUT2D eigenvalue weighted by atomic mass is 32.2. The normalized spacial score (nSPS) is 12.2. The molecule has 0 fully saturated rings. The van der Waals surface area contributed by atoms with Gasteiger partial charge in [0.2, 0.25) is 15.9 Å². The van der Waals surface area contributed by atoms with Crippen LogP contribution >= 0.6 is 0 Å². The van der Waals surface area contributed by atoms with E-state index < -0.39 is 51.7 Å². The first kappa shape index (κ1) is 17.3. The number of anilines is 1. The van der Waals surface area contributed by atoms with Gasteiger partial charge in [-0.1, -0.05) is 0 Å². The first-order chi connectivity index (χ1) is 9.49. The number of carbonyl (C=O) groups is 1. The number of sulfonamides is 1. The van der Waals surface area contributed by atoms with Gasteiger partial charge in [0.15, 0.2) is 0 Å². The first-order valence-electron chi connectivity index (χ1n) is 5.26. The molecule has 0 aromatic heterocycles. The van der Waals surface area contributed by atoms with Crippen LogP contribution in [0.4, 0.5) is 23.2 Å². The highest BCUT2D eigenvalue weighted by molar-refractivity contribution is 7.89. The summed E-state index contributed by atoms with van der Waals surface area (Å²) in [5, 5.41) is 6.71. The van der Waals surface area contributed by atoms with Crippen molar-refractivity contribution >= 4 is 21.6 Å². The van der Waals surface area contributed by atoms with E-state index in [4.69, 9.17) is 5.14 Å². The van der Waals surface area contributed by atoms with E-state index >= 15 is 0 Å². The van der Waals surface area contributed by atoms with E-state index in [0.717, 1.165) is 12.1 Å². The summed E-state index contributed by atoms with van der Waals surface area (Å²) in [6.45, 7) is -2.55. The largest absolute Gasteiger partial charge is 0.411 e. The molecule has 118 valence electrons. The number of nitrogens with one attached hydrogen (secondary N) is 1. The highest BCUT2D eigenvalue weighted by Gasteiger charge is 2.27. The van der Waals surface area contributed by atoms with Gasteiger partial charge < -0.3 is 10.1 Å². The molecule has 0 aliphatic heterocycles. The Morgan fingerprint density at radius 3 is 2.43 bits per heavy atom. The van der Waals surface area contributed by atoms with Gasteiger partial charge in [0, 0.05) is 0 Å². The second kappa shape index (κ2) is 6.37. The number of hydrogen-bond donors (Lipinski definition) is 2. The molecular formula is C10H10F4N2O4S. The average Bonchev–Trinajstić information content (AvgIpc) is 2.28. The predicted molar refractivity (Wildman–Crippen MR) is 63.3 cm³/mol. The Hall–Kier alpha value is -1.72. The molecule has 0 radical (unpaired) electrons. The molecule has 1 amide bonds. The van der Waals surface area contributed by atoms with E-state index in [1.807, 2.05) is 5.32 Å². The molecule has 0 spiro atoms. The van der Waals surface area contributed by atoms with Gasteiger partial charge in [0.05, 0.1) is 10.6 Å². The lowest BCUT2D eigenvalue weighted by Gasteiger charge is -2.09. The SMILES string of the molecule is NS(=O)(=O)c1ccc(NC(=O)COCC(F)(F)F)c(F)c1. The second-order valence-corrected chi connectivity index (χ2v) is 5.40. The topological polar surface area (TPSA) is 98.5 Å². The Morgan fingerprint density at radius 2 is 1.95 bits per heavy atom. The van der Waals surface area contributed by atoms with Crippen LogP contribution in [0.1, 0.15) is 0 Å². The number of primary sulfonamides is 1. The molecule has 1 aromatic carbocycles. The molecule has 0 bridgehead atoms. The molecule has 6 nitrogen and oxygen atoms in total. The Labute approximate surface area is 116 Å². The molecule has 0 unspecified atom stereocenters. The fourth-order valence-electron chi connectivity index (χ4n) is 1.22. The molecule has 0 aliphatic carbocycles. The van der Waals surface area contributed by atoms with Crippen LogP contribution in [0.2, 0.25) is 0 Å². The molecular weight excluding hydrogens is 320 g/mol. The fourth-order valence-corrected chi connectivity index (χ4v) is 1.75. The van der Waals surface area contributed by atoms with Gasteiger partial charge in [0.25, 0.3) is 0 Å². The number of halogens is 4. The molecule has 1 rings (SSSR count). The van der Waals surface area contributed by atoms with Crippen molar-refractivity contribution in [2.75, 3.05) is 18.5 Å². The molecule has 0 atom stereocenters. The number of amides is 1. The summed E-state index contributed by atoms with van der Waals surface area (Å²) in [5.41, 5.74) is -0.414. The third-order valence-electron chi connectivity index (χ3n) is 2.04. The zero-order chi connectivity index (χ0) is 16.3. The minimum absolute atomic E-state index is 0.414. The maximum Gasteiger partial charge on any atom is 0.411 e. The number of nitrogens with two attached hydrogens (primary N) is 1. The van der Waals surface area contributed by atoms with Gasteiger partial charge in [-0.2, -0.15) is 13.2 Å². The molecule has 11 heteroatoms. The van der Waals surface area contributed by atoms with E-state index in [-0.39, 0.29) is 0 Å². The van der Waals surface area contributed by atoms with Gasteiger partial charge in [-0.3, -0.25) is 4.79 Å². The lowest BCUT2D eigenvalue weighted by atomic mass is 10.3. The van der Waals surface area contributed by atoms with Crippen LogP contribution in [0.25, 0.3) is 0 Å². The summed E-state index contributed by atoms with van der Waals surface area (Å²) >= 11 is 0. The van der Waals surface area contributed by atoms with Crippen molar-refractivity contribution in [3.8, 4) is 0 Å². The van der Waals surface area contributed by atoms with Crippen LogP contribution in [0.3, 0.4) is 0 Å². The van der Waals surface area contributed by atoms with Crippen molar-refractivity contribution < 1.29 is 35.5 Å². The molecule has 21 heavy (non-hydrogen) atoms. The number of rotatable bonds is 5. The quantitative estimate of drug-likeness (QED) is 0.787. The van der Waals surface area contributed by atoms with Gasteiger partial charge in [-0.25, -0.2) is 17.9 Å².